The molecule has 0 spiro atoms. The molecule has 0 saturated carbocycles. The minimum absolute atomic E-state index is 0.0335. The number of benzene rings is 3. The van der Waals surface area contributed by atoms with Crippen molar-refractivity contribution >= 4 is 27.7 Å². The van der Waals surface area contributed by atoms with Crippen molar-refractivity contribution in [2.24, 2.45) is 5.73 Å². The molecule has 176 valence electrons. The summed E-state index contributed by atoms with van der Waals surface area (Å²) in [4.78, 5) is 16.4. The molecule has 0 bridgehead atoms. The van der Waals surface area contributed by atoms with E-state index >= 15 is 0 Å². The molecule has 0 fully saturated rings. The number of para-hydroxylation sites is 1. The van der Waals surface area contributed by atoms with Gasteiger partial charge in [0, 0.05) is 47.1 Å². The molecule has 0 amide bonds. The molecular weight excluding hydrogens is 446 g/mol. The first-order valence-electron chi connectivity index (χ1n) is 11.1. The second kappa shape index (κ2) is 9.46. The van der Waals surface area contributed by atoms with E-state index in [9.17, 15) is 15.0 Å². The fourth-order valence-corrected chi connectivity index (χ4v) is 4.30. The number of rotatable bonds is 8. The van der Waals surface area contributed by atoms with Crippen molar-refractivity contribution in [2.75, 3.05) is 13.1 Å². The number of carboxylic acids is 1. The summed E-state index contributed by atoms with van der Waals surface area (Å²) in [5.74, 6) is -0.202. The van der Waals surface area contributed by atoms with E-state index < -0.39 is 12.0 Å². The average Bonchev–Trinajstić information content (AvgIpc) is 3.32. The van der Waals surface area contributed by atoms with Crippen LogP contribution in [-0.2, 0) is 0 Å². The number of carbonyl (C=O) groups is 1. The lowest BCUT2D eigenvalue weighted by molar-refractivity contribution is 0.0698. The highest BCUT2D eigenvalue weighted by molar-refractivity contribution is 6.15. The van der Waals surface area contributed by atoms with Gasteiger partial charge in [0.25, 0.3) is 0 Å². The van der Waals surface area contributed by atoms with Gasteiger partial charge in [-0.3, -0.25) is 0 Å². The Balaban J connectivity index is 1.73. The molecule has 2 aromatic heterocycles. The van der Waals surface area contributed by atoms with Crippen molar-refractivity contribution in [1.29, 1.82) is 0 Å². The zero-order valence-electron chi connectivity index (χ0n) is 18.6. The SMILES string of the molecule is NCCNC(c1ccnc(Oc2ccccc2)c1)c1c(O)c2ccccc2c2occ(C(=O)O)c12. The highest BCUT2D eigenvalue weighted by Crippen LogP contribution is 2.44. The van der Waals surface area contributed by atoms with Crippen LogP contribution in [0.2, 0.25) is 0 Å². The van der Waals surface area contributed by atoms with Crippen LogP contribution in [0.25, 0.3) is 21.7 Å². The maximum atomic E-state index is 12.1. The second-order valence-corrected chi connectivity index (χ2v) is 7.98. The van der Waals surface area contributed by atoms with E-state index in [1.807, 2.05) is 36.4 Å². The van der Waals surface area contributed by atoms with Gasteiger partial charge >= 0.3 is 5.97 Å². The number of phenolic OH excluding ortho intramolecular Hbond substituents is 1. The van der Waals surface area contributed by atoms with Crippen molar-refractivity contribution in [3.63, 3.8) is 0 Å². The lowest BCUT2D eigenvalue weighted by atomic mass is 9.90. The van der Waals surface area contributed by atoms with E-state index in [2.05, 4.69) is 10.3 Å². The lowest BCUT2D eigenvalue weighted by Gasteiger charge is -2.23. The molecule has 0 saturated heterocycles. The van der Waals surface area contributed by atoms with Gasteiger partial charge in [-0.05, 0) is 23.8 Å². The quantitative estimate of drug-likeness (QED) is 0.255. The third-order valence-electron chi connectivity index (χ3n) is 5.81. The van der Waals surface area contributed by atoms with Gasteiger partial charge in [0.05, 0.1) is 6.04 Å². The van der Waals surface area contributed by atoms with Gasteiger partial charge in [-0.15, -0.1) is 0 Å². The van der Waals surface area contributed by atoms with Gasteiger partial charge < -0.3 is 30.4 Å². The summed E-state index contributed by atoms with van der Waals surface area (Å²) in [5.41, 5.74) is 7.24. The average molecular weight is 469 g/mol. The predicted molar refractivity (Wildman–Crippen MR) is 132 cm³/mol. The van der Waals surface area contributed by atoms with Crippen LogP contribution in [0.1, 0.15) is 27.5 Å². The molecule has 8 nitrogen and oxygen atoms in total. The van der Waals surface area contributed by atoms with Crippen LogP contribution in [0.5, 0.6) is 17.4 Å². The Morgan fingerprint density at radius 1 is 1.09 bits per heavy atom. The molecule has 5 aromatic rings. The maximum Gasteiger partial charge on any atom is 0.339 e. The fraction of sp³-hybridized carbons (Fsp3) is 0.111. The summed E-state index contributed by atoms with van der Waals surface area (Å²) < 4.78 is 11.6. The molecule has 2 heterocycles. The van der Waals surface area contributed by atoms with Crippen LogP contribution >= 0.6 is 0 Å². The third-order valence-corrected chi connectivity index (χ3v) is 5.81. The van der Waals surface area contributed by atoms with E-state index in [1.165, 1.54) is 6.26 Å². The Morgan fingerprint density at radius 3 is 2.57 bits per heavy atom. The van der Waals surface area contributed by atoms with Crippen molar-refractivity contribution in [1.82, 2.24) is 10.3 Å². The van der Waals surface area contributed by atoms with Crippen LogP contribution in [0.15, 0.2) is 83.6 Å². The first kappa shape index (κ1) is 22.4. The highest BCUT2D eigenvalue weighted by Gasteiger charge is 2.28. The number of nitrogens with two attached hydrogens (primary N) is 1. The van der Waals surface area contributed by atoms with Crippen LogP contribution in [0.3, 0.4) is 0 Å². The molecule has 3 aromatic carbocycles. The summed E-state index contributed by atoms with van der Waals surface area (Å²) in [7, 11) is 0. The van der Waals surface area contributed by atoms with Crippen molar-refractivity contribution in [3.8, 4) is 17.4 Å². The number of aromatic carboxylic acids is 1. The molecule has 0 radical (unpaired) electrons. The van der Waals surface area contributed by atoms with Crippen molar-refractivity contribution in [3.05, 3.63) is 95.9 Å². The normalized spacial score (nSPS) is 12.1. The largest absolute Gasteiger partial charge is 0.507 e. The second-order valence-electron chi connectivity index (χ2n) is 7.98. The summed E-state index contributed by atoms with van der Waals surface area (Å²) in [6.45, 7) is 0.750. The summed E-state index contributed by atoms with van der Waals surface area (Å²) in [5, 5.41) is 26.2. The van der Waals surface area contributed by atoms with Gasteiger partial charge in [-0.25, -0.2) is 9.78 Å². The first-order valence-corrected chi connectivity index (χ1v) is 11.1. The van der Waals surface area contributed by atoms with Crippen LogP contribution in [-0.4, -0.2) is 34.3 Å². The monoisotopic (exact) mass is 469 g/mol. The third kappa shape index (κ3) is 4.16. The smallest absolute Gasteiger partial charge is 0.339 e. The molecule has 1 atom stereocenters. The maximum absolute atomic E-state index is 12.1. The summed E-state index contributed by atoms with van der Waals surface area (Å²) >= 11 is 0. The molecule has 5 N–H and O–H groups in total. The fourth-order valence-electron chi connectivity index (χ4n) is 4.30. The molecule has 35 heavy (non-hydrogen) atoms. The number of nitrogens with one attached hydrogen (secondary N) is 1. The molecule has 5 rings (SSSR count). The number of hydrogen-bond donors (Lipinski definition) is 4. The van der Waals surface area contributed by atoms with Crippen LogP contribution in [0, 0.1) is 0 Å². The molecule has 0 aliphatic heterocycles. The summed E-state index contributed by atoms with van der Waals surface area (Å²) in [6.07, 6.45) is 2.81. The van der Waals surface area contributed by atoms with Crippen LogP contribution < -0.4 is 15.8 Å². The zero-order valence-corrected chi connectivity index (χ0v) is 18.6. The van der Waals surface area contributed by atoms with Crippen molar-refractivity contribution < 1.29 is 24.2 Å². The van der Waals surface area contributed by atoms with Gasteiger partial charge in [-0.1, -0.05) is 42.5 Å². The van der Waals surface area contributed by atoms with E-state index in [-0.39, 0.29) is 11.3 Å². The Hall–Kier alpha value is -4.40. The zero-order chi connectivity index (χ0) is 24.4. The number of carboxylic acid groups (broad SMARTS) is 1. The van der Waals surface area contributed by atoms with E-state index in [0.29, 0.717) is 57.6 Å². The Morgan fingerprint density at radius 2 is 1.83 bits per heavy atom. The number of aromatic hydroxyl groups is 1. The Labute approximate surface area is 200 Å². The van der Waals surface area contributed by atoms with Gasteiger partial charge in [-0.2, -0.15) is 0 Å². The van der Waals surface area contributed by atoms with E-state index in [4.69, 9.17) is 14.9 Å². The topological polar surface area (TPSA) is 131 Å². The number of pyridine rings is 1. The van der Waals surface area contributed by atoms with Gasteiger partial charge in [0.2, 0.25) is 5.88 Å². The van der Waals surface area contributed by atoms with Gasteiger partial charge in [0.1, 0.15) is 28.9 Å². The number of aromatic nitrogens is 1. The number of ether oxygens (including phenoxy) is 1. The number of furan rings is 1. The highest BCUT2D eigenvalue weighted by atomic mass is 16.5. The molecule has 0 aliphatic carbocycles. The minimum atomic E-state index is -1.15. The molecule has 1 unspecified atom stereocenters. The number of phenols is 1. The molecule has 0 aliphatic rings. The predicted octanol–water partition coefficient (Wildman–Crippen LogP) is 4.81. The summed E-state index contributed by atoms with van der Waals surface area (Å²) in [6, 6.07) is 19.3. The van der Waals surface area contributed by atoms with Crippen molar-refractivity contribution in [2.45, 2.75) is 6.04 Å². The van der Waals surface area contributed by atoms with E-state index in [1.54, 1.807) is 36.5 Å². The van der Waals surface area contributed by atoms with E-state index in [0.717, 1.165) is 0 Å². The molecular formula is C27H23N3O5. The number of fused-ring (bicyclic) bond motifs is 3. The first-order chi connectivity index (χ1) is 17.1. The Kier molecular flexibility index (Phi) is 6.05. The lowest BCUT2D eigenvalue weighted by Crippen LogP contribution is -2.28. The standard InChI is InChI=1S/C27H23N3O5/c28-11-13-30-24(16-10-12-29-21(14-16)35-17-6-2-1-3-7-17)23-22-20(27(32)33)15-34-26(22)19-9-5-4-8-18(19)25(23)31/h1-10,12,14-15,24,30-31H,11,13,28H2,(H,32,33). The number of nitrogens with zero attached hydrogens (tertiary/aromatic N) is 1. The molecule has 8 heteroatoms. The van der Waals surface area contributed by atoms with Crippen LogP contribution in [0.4, 0.5) is 0 Å². The Bertz CT molecular complexity index is 1510. The minimum Gasteiger partial charge on any atom is -0.507 e. The number of hydrogen-bond acceptors (Lipinski definition) is 7. The van der Waals surface area contributed by atoms with Gasteiger partial charge in [0.15, 0.2) is 0 Å².